The number of fused-ring (bicyclic) bond motifs is 1. The Labute approximate surface area is 191 Å². The maximum absolute atomic E-state index is 13.1. The number of hydrogen-bond acceptors (Lipinski definition) is 5. The number of H-pyrrole nitrogens is 1. The van der Waals surface area contributed by atoms with Crippen molar-refractivity contribution < 1.29 is 19.1 Å². The summed E-state index contributed by atoms with van der Waals surface area (Å²) in [5.41, 5.74) is 3.45. The van der Waals surface area contributed by atoms with Crippen LogP contribution in [0.4, 0.5) is 0 Å². The fourth-order valence-electron chi connectivity index (χ4n) is 4.66. The molecule has 2 amide bonds. The summed E-state index contributed by atoms with van der Waals surface area (Å²) in [7, 11) is 3.20. The molecule has 0 bridgehead atoms. The minimum Gasteiger partial charge on any atom is -0.497 e. The second-order valence-corrected chi connectivity index (χ2v) is 8.31. The zero-order valence-corrected chi connectivity index (χ0v) is 18.7. The number of aromatic amines is 1. The van der Waals surface area contributed by atoms with Crippen molar-refractivity contribution in [2.24, 2.45) is 0 Å². The first kappa shape index (κ1) is 21.2. The van der Waals surface area contributed by atoms with Crippen LogP contribution in [0, 0.1) is 0 Å². The minimum absolute atomic E-state index is 0.0132. The number of amides is 2. The summed E-state index contributed by atoms with van der Waals surface area (Å²) in [5.74, 6) is 0.677. The molecule has 3 aromatic rings. The Kier molecular flexibility index (Phi) is 5.60. The topological polar surface area (TPSA) is 87.8 Å². The van der Waals surface area contributed by atoms with Gasteiger partial charge in [0.15, 0.2) is 11.8 Å². The lowest BCUT2D eigenvalue weighted by Gasteiger charge is -2.48. The lowest BCUT2D eigenvalue weighted by molar-refractivity contribution is -0.168. The molecule has 1 aromatic heterocycles. The van der Waals surface area contributed by atoms with Crippen molar-refractivity contribution in [3.63, 3.8) is 0 Å². The van der Waals surface area contributed by atoms with Crippen LogP contribution >= 0.6 is 0 Å². The van der Waals surface area contributed by atoms with Crippen LogP contribution in [0.3, 0.4) is 0 Å². The summed E-state index contributed by atoms with van der Waals surface area (Å²) < 4.78 is 10.7. The number of rotatable bonds is 6. The summed E-state index contributed by atoms with van der Waals surface area (Å²) in [6.45, 7) is 1.56. The first-order valence-corrected chi connectivity index (χ1v) is 11.0. The number of benzene rings is 2. The van der Waals surface area contributed by atoms with Crippen LogP contribution in [0.25, 0.3) is 10.9 Å². The van der Waals surface area contributed by atoms with Crippen LogP contribution in [0.15, 0.2) is 60.2 Å². The Bertz CT molecular complexity index is 1220. The van der Waals surface area contributed by atoms with Crippen LogP contribution in [-0.4, -0.2) is 71.3 Å². The van der Waals surface area contributed by atoms with E-state index in [2.05, 4.69) is 16.3 Å². The molecule has 2 aromatic carbocycles. The Hall–Kier alpha value is -3.65. The van der Waals surface area contributed by atoms with Crippen LogP contribution in [0.5, 0.6) is 5.75 Å². The van der Waals surface area contributed by atoms with Gasteiger partial charge >= 0.3 is 0 Å². The first-order chi connectivity index (χ1) is 16.1. The van der Waals surface area contributed by atoms with Gasteiger partial charge in [-0.1, -0.05) is 36.4 Å². The zero-order chi connectivity index (χ0) is 22.9. The molecule has 8 heteroatoms. The van der Waals surface area contributed by atoms with Crippen molar-refractivity contribution in [3.05, 3.63) is 71.4 Å². The molecule has 0 aliphatic carbocycles. The molecule has 5 rings (SSSR count). The highest BCUT2D eigenvalue weighted by molar-refractivity contribution is 6.04. The quantitative estimate of drug-likeness (QED) is 0.465. The second-order valence-electron chi connectivity index (χ2n) is 8.31. The summed E-state index contributed by atoms with van der Waals surface area (Å²) >= 11 is 0. The van der Waals surface area contributed by atoms with E-state index in [9.17, 15) is 9.59 Å². The van der Waals surface area contributed by atoms with Gasteiger partial charge in [0.05, 0.1) is 18.7 Å². The van der Waals surface area contributed by atoms with Crippen LogP contribution in [0.2, 0.25) is 0 Å². The Morgan fingerprint density at radius 3 is 2.64 bits per heavy atom. The molecule has 8 nitrogen and oxygen atoms in total. The van der Waals surface area contributed by atoms with Crippen molar-refractivity contribution in [2.75, 3.05) is 27.3 Å². The van der Waals surface area contributed by atoms with E-state index in [1.165, 1.54) is 0 Å². The van der Waals surface area contributed by atoms with Gasteiger partial charge in [-0.25, -0.2) is 0 Å². The minimum atomic E-state index is -0.480. The summed E-state index contributed by atoms with van der Waals surface area (Å²) in [6, 6.07) is 15.2. The van der Waals surface area contributed by atoms with Gasteiger partial charge in [0.1, 0.15) is 5.75 Å². The maximum atomic E-state index is 13.1. The number of ether oxygens (including phenoxy) is 2. The Morgan fingerprint density at radius 1 is 1.15 bits per heavy atom. The molecule has 0 unspecified atom stereocenters. The van der Waals surface area contributed by atoms with E-state index in [1.807, 2.05) is 53.4 Å². The molecule has 0 saturated carbocycles. The average Bonchev–Trinajstić information content (AvgIpc) is 3.30. The molecular weight excluding hydrogens is 420 g/mol. The van der Waals surface area contributed by atoms with Crippen molar-refractivity contribution in [3.8, 4) is 5.75 Å². The maximum Gasteiger partial charge on any atom is 0.275 e. The highest BCUT2D eigenvalue weighted by Crippen LogP contribution is 2.34. The van der Waals surface area contributed by atoms with Crippen molar-refractivity contribution in [1.29, 1.82) is 0 Å². The van der Waals surface area contributed by atoms with Crippen molar-refractivity contribution in [2.45, 2.75) is 25.1 Å². The fourth-order valence-corrected chi connectivity index (χ4v) is 4.66. The first-order valence-electron chi connectivity index (χ1n) is 11.0. The third kappa shape index (κ3) is 3.76. The lowest BCUT2D eigenvalue weighted by atomic mass is 9.86. The number of nitrogens with one attached hydrogen (secondary N) is 1. The lowest BCUT2D eigenvalue weighted by Crippen LogP contribution is -2.66. The summed E-state index contributed by atoms with van der Waals surface area (Å²) in [6.07, 6.45) is 2.26. The zero-order valence-electron chi connectivity index (χ0n) is 18.7. The van der Waals surface area contributed by atoms with Gasteiger partial charge in [-0.05, 0) is 35.8 Å². The molecule has 2 aliphatic rings. The normalized spacial score (nSPS) is 20.5. The van der Waals surface area contributed by atoms with Gasteiger partial charge in [0.2, 0.25) is 0 Å². The van der Waals surface area contributed by atoms with Crippen LogP contribution < -0.4 is 4.74 Å². The van der Waals surface area contributed by atoms with Gasteiger partial charge in [-0.15, -0.1) is 0 Å². The largest absolute Gasteiger partial charge is 0.497 e. The van der Waals surface area contributed by atoms with E-state index in [0.717, 1.165) is 27.8 Å². The van der Waals surface area contributed by atoms with Crippen LogP contribution in [-0.2, 0) is 16.1 Å². The van der Waals surface area contributed by atoms with Gasteiger partial charge in [-0.3, -0.25) is 14.7 Å². The number of methoxy groups -OCH3 is 2. The molecule has 33 heavy (non-hydrogen) atoms. The van der Waals surface area contributed by atoms with E-state index in [0.29, 0.717) is 31.7 Å². The van der Waals surface area contributed by atoms with Gasteiger partial charge in [0, 0.05) is 32.1 Å². The highest BCUT2D eigenvalue weighted by Gasteiger charge is 2.49. The smallest absolute Gasteiger partial charge is 0.275 e. The van der Waals surface area contributed by atoms with E-state index in [4.69, 9.17) is 9.47 Å². The van der Waals surface area contributed by atoms with Crippen LogP contribution in [0.1, 0.15) is 22.5 Å². The molecule has 2 atom stereocenters. The number of carbonyl (C=O) groups is 2. The standard InChI is InChI=1S/C25H26N4O4/c1-32-18-9-7-16(8-10-18)15-29-22(23(33-2)25(29)31)17-11-13-28(14-12-17)24(30)21-19-5-3-4-6-20(19)26-27-21/h3-11,22-23H,12-15H2,1-2H3,(H,26,27)/t22-,23+/m0/s1. The van der Waals surface area contributed by atoms with E-state index < -0.39 is 6.10 Å². The van der Waals surface area contributed by atoms with Gasteiger partial charge < -0.3 is 19.3 Å². The number of para-hydroxylation sites is 1. The van der Waals surface area contributed by atoms with E-state index in [1.54, 1.807) is 19.1 Å². The predicted molar refractivity (Wildman–Crippen MR) is 123 cm³/mol. The molecule has 170 valence electrons. The molecule has 0 spiro atoms. The Balaban J connectivity index is 1.30. The molecule has 2 aliphatic heterocycles. The monoisotopic (exact) mass is 446 g/mol. The van der Waals surface area contributed by atoms with Gasteiger partial charge in [0.25, 0.3) is 11.8 Å². The Morgan fingerprint density at radius 2 is 1.94 bits per heavy atom. The number of aromatic nitrogens is 2. The van der Waals surface area contributed by atoms with Gasteiger partial charge in [-0.2, -0.15) is 5.10 Å². The average molecular weight is 447 g/mol. The second kappa shape index (κ2) is 8.71. The number of carbonyl (C=O) groups excluding carboxylic acids is 2. The highest BCUT2D eigenvalue weighted by atomic mass is 16.5. The number of likely N-dealkylation sites (tertiary alicyclic amines) is 1. The molecule has 1 N–H and O–H groups in total. The molecule has 3 heterocycles. The SMILES string of the molecule is COc1ccc(CN2C(=O)[C@H](OC)[C@@H]2C2=CCN(C(=O)c3n[nH]c4ccccc34)CC2)cc1. The van der Waals surface area contributed by atoms with Crippen molar-refractivity contribution >= 4 is 22.7 Å². The fraction of sp³-hybridized carbons (Fsp3) is 0.320. The number of nitrogens with zero attached hydrogens (tertiary/aromatic N) is 3. The summed E-state index contributed by atoms with van der Waals surface area (Å²) in [5, 5.41) is 7.99. The number of hydrogen-bond donors (Lipinski definition) is 1. The van der Waals surface area contributed by atoms with E-state index in [-0.39, 0.29) is 17.9 Å². The van der Waals surface area contributed by atoms with Crippen molar-refractivity contribution in [1.82, 2.24) is 20.0 Å². The third-order valence-corrected chi connectivity index (χ3v) is 6.50. The summed E-state index contributed by atoms with van der Waals surface area (Å²) in [4.78, 5) is 29.4. The molecule has 1 saturated heterocycles. The third-order valence-electron chi connectivity index (χ3n) is 6.50. The predicted octanol–water partition coefficient (Wildman–Crippen LogP) is 2.77. The molecular formula is C25H26N4O4. The molecule has 1 fully saturated rings. The van der Waals surface area contributed by atoms with E-state index >= 15 is 0 Å². The molecule has 0 radical (unpaired) electrons. The number of β-lactam (4-membered cyclic amide) rings is 1.